The summed E-state index contributed by atoms with van der Waals surface area (Å²) < 4.78 is 31.7. The maximum absolute atomic E-state index is 13.4. The minimum absolute atomic E-state index is 0.0170. The highest BCUT2D eigenvalue weighted by molar-refractivity contribution is 8.01. The molecule has 0 spiro atoms. The lowest BCUT2D eigenvalue weighted by molar-refractivity contribution is -0.142. The predicted octanol–water partition coefficient (Wildman–Crippen LogP) is 3.26. The van der Waals surface area contributed by atoms with Crippen LogP contribution in [0.25, 0.3) is 0 Å². The summed E-state index contributed by atoms with van der Waals surface area (Å²) in [7, 11) is 0. The van der Waals surface area contributed by atoms with Gasteiger partial charge in [-0.25, -0.2) is 13.8 Å². The van der Waals surface area contributed by atoms with E-state index in [9.17, 15) is 18.4 Å². The van der Waals surface area contributed by atoms with Gasteiger partial charge in [0.25, 0.3) is 0 Å². The van der Waals surface area contributed by atoms with Crippen molar-refractivity contribution in [3.8, 4) is 0 Å². The number of nitrogens with one attached hydrogen (secondary N) is 1. The molecule has 1 amide bonds. The fraction of sp³-hybridized carbons (Fsp3) is 0.267. The Labute approximate surface area is 145 Å². The number of carbonyl (C=O) groups excluding carboxylic acids is 2. The van der Waals surface area contributed by atoms with Gasteiger partial charge in [0.1, 0.15) is 11.6 Å². The van der Waals surface area contributed by atoms with Crippen LogP contribution < -0.4 is 5.32 Å². The molecule has 0 aliphatic heterocycles. The van der Waals surface area contributed by atoms with Crippen molar-refractivity contribution in [2.75, 3.05) is 17.7 Å². The Morgan fingerprint density at radius 3 is 2.88 bits per heavy atom. The lowest BCUT2D eigenvalue weighted by Gasteiger charge is -2.05. The molecule has 1 aromatic carbocycles. The van der Waals surface area contributed by atoms with E-state index in [0.717, 1.165) is 23.9 Å². The highest BCUT2D eigenvalue weighted by Gasteiger charge is 2.12. The molecule has 0 saturated carbocycles. The average Bonchev–Trinajstić information content (AvgIpc) is 2.96. The molecule has 0 aliphatic rings. The van der Waals surface area contributed by atoms with Gasteiger partial charge in [0.05, 0.1) is 30.2 Å². The number of esters is 1. The molecule has 0 unspecified atom stereocenters. The average molecular weight is 372 g/mol. The first-order chi connectivity index (χ1) is 11.5. The Balaban J connectivity index is 1.83. The van der Waals surface area contributed by atoms with Gasteiger partial charge in [-0.2, -0.15) is 0 Å². The standard InChI is InChI=1S/C15H14F2N2O3S2/c1-2-22-14(21)6-10-7-23-15(18-10)24-8-13(20)19-12-4-3-9(16)5-11(12)17/h3-5,7H,2,6,8H2,1H3,(H,19,20). The number of nitrogens with zero attached hydrogens (tertiary/aromatic N) is 1. The number of benzene rings is 1. The fourth-order valence-corrected chi connectivity index (χ4v) is 3.34. The van der Waals surface area contributed by atoms with Crippen molar-refractivity contribution < 1.29 is 23.1 Å². The topological polar surface area (TPSA) is 68.3 Å². The second kappa shape index (κ2) is 8.74. The van der Waals surface area contributed by atoms with Crippen molar-refractivity contribution in [3.05, 3.63) is 40.9 Å². The highest BCUT2D eigenvalue weighted by Crippen LogP contribution is 2.23. The minimum Gasteiger partial charge on any atom is -0.466 e. The normalized spacial score (nSPS) is 10.5. The van der Waals surface area contributed by atoms with Crippen molar-refractivity contribution in [1.29, 1.82) is 0 Å². The van der Waals surface area contributed by atoms with E-state index in [-0.39, 0.29) is 23.8 Å². The van der Waals surface area contributed by atoms with Crippen molar-refractivity contribution >= 4 is 40.7 Å². The van der Waals surface area contributed by atoms with E-state index in [1.54, 1.807) is 12.3 Å². The van der Waals surface area contributed by atoms with Crippen molar-refractivity contribution in [2.24, 2.45) is 0 Å². The first-order valence-corrected chi connectivity index (χ1v) is 8.82. The van der Waals surface area contributed by atoms with Crippen molar-refractivity contribution in [2.45, 2.75) is 17.7 Å². The first-order valence-electron chi connectivity index (χ1n) is 6.95. The van der Waals surface area contributed by atoms with Crippen LogP contribution in [0.15, 0.2) is 27.9 Å². The van der Waals surface area contributed by atoms with E-state index >= 15 is 0 Å². The molecule has 2 rings (SSSR count). The monoisotopic (exact) mass is 372 g/mol. The third-order valence-corrected chi connectivity index (χ3v) is 4.76. The molecule has 0 fully saturated rings. The SMILES string of the molecule is CCOC(=O)Cc1csc(SCC(=O)Nc2ccc(F)cc2F)n1. The van der Waals surface area contributed by atoms with Crippen LogP contribution in [0.2, 0.25) is 0 Å². The molecule has 0 atom stereocenters. The Bertz CT molecular complexity index is 737. The lowest BCUT2D eigenvalue weighted by Crippen LogP contribution is -2.15. The summed E-state index contributed by atoms with van der Waals surface area (Å²) >= 11 is 2.47. The largest absolute Gasteiger partial charge is 0.466 e. The number of anilines is 1. The molecule has 1 aromatic heterocycles. The number of thioether (sulfide) groups is 1. The van der Waals surface area contributed by atoms with Crippen molar-refractivity contribution in [1.82, 2.24) is 4.98 Å². The number of carbonyl (C=O) groups is 2. The number of halogens is 2. The van der Waals surface area contributed by atoms with Crippen LogP contribution >= 0.6 is 23.1 Å². The Morgan fingerprint density at radius 1 is 1.38 bits per heavy atom. The zero-order chi connectivity index (χ0) is 17.5. The number of ether oxygens (including phenoxy) is 1. The van der Waals surface area contributed by atoms with Crippen LogP contribution in [0.1, 0.15) is 12.6 Å². The molecular weight excluding hydrogens is 358 g/mol. The van der Waals surface area contributed by atoms with Crippen LogP contribution in [0, 0.1) is 11.6 Å². The highest BCUT2D eigenvalue weighted by atomic mass is 32.2. The molecule has 9 heteroatoms. The Hall–Kier alpha value is -2.00. The molecule has 0 aliphatic carbocycles. The van der Waals surface area contributed by atoms with Gasteiger partial charge in [-0.05, 0) is 19.1 Å². The number of rotatable bonds is 7. The van der Waals surface area contributed by atoms with Crippen LogP contribution in [-0.4, -0.2) is 29.2 Å². The van der Waals surface area contributed by atoms with Gasteiger partial charge in [0, 0.05) is 11.4 Å². The van der Waals surface area contributed by atoms with E-state index in [2.05, 4.69) is 10.3 Å². The molecule has 0 saturated heterocycles. The van der Waals surface area contributed by atoms with Crippen LogP contribution in [0.3, 0.4) is 0 Å². The molecule has 1 heterocycles. The van der Waals surface area contributed by atoms with E-state index < -0.39 is 17.5 Å². The first kappa shape index (κ1) is 18.3. The summed E-state index contributed by atoms with van der Waals surface area (Å²) in [5.74, 6) is -2.32. The minimum atomic E-state index is -0.834. The molecule has 5 nitrogen and oxygen atoms in total. The van der Waals surface area contributed by atoms with E-state index in [0.29, 0.717) is 22.7 Å². The predicted molar refractivity (Wildman–Crippen MR) is 88.2 cm³/mol. The summed E-state index contributed by atoms with van der Waals surface area (Å²) in [6.07, 6.45) is 0.0812. The van der Waals surface area contributed by atoms with Gasteiger partial charge in [-0.15, -0.1) is 11.3 Å². The molecule has 0 bridgehead atoms. The maximum Gasteiger partial charge on any atom is 0.311 e. The number of hydrogen-bond acceptors (Lipinski definition) is 6. The molecular formula is C15H14F2N2O3S2. The van der Waals surface area contributed by atoms with Gasteiger partial charge in [0.2, 0.25) is 5.91 Å². The van der Waals surface area contributed by atoms with Gasteiger partial charge in [0.15, 0.2) is 4.34 Å². The number of amides is 1. The molecule has 128 valence electrons. The second-order valence-electron chi connectivity index (χ2n) is 4.55. The van der Waals surface area contributed by atoms with Crippen molar-refractivity contribution in [3.63, 3.8) is 0 Å². The van der Waals surface area contributed by atoms with Gasteiger partial charge in [-0.3, -0.25) is 9.59 Å². The summed E-state index contributed by atoms with van der Waals surface area (Å²) in [6, 6.07) is 2.92. The lowest BCUT2D eigenvalue weighted by atomic mass is 10.3. The summed E-state index contributed by atoms with van der Waals surface area (Å²) in [5, 5.41) is 4.08. The summed E-state index contributed by atoms with van der Waals surface area (Å²) in [5.41, 5.74) is 0.495. The Kier molecular flexibility index (Phi) is 6.68. The summed E-state index contributed by atoms with van der Waals surface area (Å²) in [6.45, 7) is 2.04. The van der Waals surface area contributed by atoms with Crippen LogP contribution in [0.5, 0.6) is 0 Å². The molecule has 24 heavy (non-hydrogen) atoms. The molecule has 1 N–H and O–H groups in total. The van der Waals surface area contributed by atoms with E-state index in [1.165, 1.54) is 11.3 Å². The molecule has 2 aromatic rings. The van der Waals surface area contributed by atoms with Crippen LogP contribution in [-0.2, 0) is 20.7 Å². The maximum atomic E-state index is 13.4. The van der Waals surface area contributed by atoms with Gasteiger partial charge >= 0.3 is 5.97 Å². The number of aromatic nitrogens is 1. The second-order valence-corrected chi connectivity index (χ2v) is 6.63. The van der Waals surface area contributed by atoms with Gasteiger partial charge < -0.3 is 10.1 Å². The smallest absolute Gasteiger partial charge is 0.311 e. The Morgan fingerprint density at radius 2 is 2.17 bits per heavy atom. The fourth-order valence-electron chi connectivity index (χ4n) is 1.70. The van der Waals surface area contributed by atoms with E-state index in [1.807, 2.05) is 0 Å². The number of thiazole rings is 1. The van der Waals surface area contributed by atoms with Crippen LogP contribution in [0.4, 0.5) is 14.5 Å². The quantitative estimate of drug-likeness (QED) is 0.597. The summed E-state index contributed by atoms with van der Waals surface area (Å²) in [4.78, 5) is 27.4. The van der Waals surface area contributed by atoms with E-state index in [4.69, 9.17) is 4.74 Å². The number of hydrogen-bond donors (Lipinski definition) is 1. The third kappa shape index (κ3) is 5.57. The van der Waals surface area contributed by atoms with Gasteiger partial charge in [-0.1, -0.05) is 11.8 Å². The zero-order valence-electron chi connectivity index (χ0n) is 12.7. The zero-order valence-corrected chi connectivity index (χ0v) is 14.3. The third-order valence-electron chi connectivity index (χ3n) is 2.69. The molecule has 0 radical (unpaired) electrons.